The second kappa shape index (κ2) is 8.24. The summed E-state index contributed by atoms with van der Waals surface area (Å²) in [7, 11) is -3.28. The molecular formula is C21H22N2O3S2. The number of benzene rings is 2. The van der Waals surface area contributed by atoms with Crippen LogP contribution in [0.25, 0.3) is 0 Å². The van der Waals surface area contributed by atoms with Crippen molar-refractivity contribution in [2.45, 2.75) is 31.2 Å². The van der Waals surface area contributed by atoms with E-state index in [2.05, 4.69) is 4.98 Å². The second-order valence-corrected chi connectivity index (χ2v) is 9.78. The van der Waals surface area contributed by atoms with E-state index in [0.717, 1.165) is 16.8 Å². The fraction of sp³-hybridized carbons (Fsp3) is 0.238. The van der Waals surface area contributed by atoms with Gasteiger partial charge in [0.1, 0.15) is 5.69 Å². The lowest BCUT2D eigenvalue weighted by molar-refractivity contribution is 0.0976. The average molecular weight is 415 g/mol. The molecule has 0 fully saturated rings. The molecule has 0 aliphatic rings. The van der Waals surface area contributed by atoms with E-state index in [9.17, 15) is 13.2 Å². The Labute approximate surface area is 169 Å². The van der Waals surface area contributed by atoms with Gasteiger partial charge in [0.2, 0.25) is 0 Å². The van der Waals surface area contributed by atoms with Crippen LogP contribution in [0.4, 0.5) is 5.69 Å². The van der Waals surface area contributed by atoms with Crippen LogP contribution < -0.4 is 4.90 Å². The Hall–Kier alpha value is -2.51. The SMILES string of the molecule is CC(C)N(C(=O)c1csc(Cc2ccccc2)n1)c1ccc(S(C)(=O)=O)cc1. The molecule has 1 heterocycles. The molecule has 0 spiro atoms. The minimum absolute atomic E-state index is 0.101. The van der Waals surface area contributed by atoms with Gasteiger partial charge in [-0.3, -0.25) is 4.79 Å². The van der Waals surface area contributed by atoms with Crippen LogP contribution in [0.3, 0.4) is 0 Å². The number of hydrogen-bond donors (Lipinski definition) is 0. The highest BCUT2D eigenvalue weighted by Gasteiger charge is 2.23. The molecule has 0 N–H and O–H groups in total. The maximum Gasteiger partial charge on any atom is 0.277 e. The van der Waals surface area contributed by atoms with E-state index in [-0.39, 0.29) is 16.8 Å². The zero-order valence-corrected chi connectivity index (χ0v) is 17.6. The van der Waals surface area contributed by atoms with E-state index in [4.69, 9.17) is 0 Å². The number of nitrogens with zero attached hydrogens (tertiary/aromatic N) is 2. The van der Waals surface area contributed by atoms with Crippen LogP contribution in [0.5, 0.6) is 0 Å². The number of hydrogen-bond acceptors (Lipinski definition) is 5. The Bertz CT molecular complexity index is 1060. The summed E-state index contributed by atoms with van der Waals surface area (Å²) in [6.07, 6.45) is 1.85. The Morgan fingerprint density at radius 1 is 1.07 bits per heavy atom. The van der Waals surface area contributed by atoms with E-state index in [1.54, 1.807) is 22.4 Å². The molecule has 1 aromatic heterocycles. The largest absolute Gasteiger partial charge is 0.305 e. The van der Waals surface area contributed by atoms with E-state index in [1.165, 1.54) is 23.5 Å². The highest BCUT2D eigenvalue weighted by atomic mass is 32.2. The van der Waals surface area contributed by atoms with Gasteiger partial charge in [0.15, 0.2) is 9.84 Å². The molecule has 2 aromatic carbocycles. The molecule has 0 saturated heterocycles. The third kappa shape index (κ3) is 4.66. The minimum atomic E-state index is -3.28. The van der Waals surface area contributed by atoms with Gasteiger partial charge in [0.25, 0.3) is 5.91 Å². The maximum atomic E-state index is 13.1. The highest BCUT2D eigenvalue weighted by molar-refractivity contribution is 7.90. The van der Waals surface area contributed by atoms with Crippen molar-refractivity contribution in [3.05, 3.63) is 76.2 Å². The van der Waals surface area contributed by atoms with Crippen LogP contribution in [0.1, 0.15) is 34.9 Å². The van der Waals surface area contributed by atoms with Gasteiger partial charge in [0, 0.05) is 29.8 Å². The first-order chi connectivity index (χ1) is 13.3. The first-order valence-corrected chi connectivity index (χ1v) is 11.6. The first kappa shape index (κ1) is 20.2. The van der Waals surface area contributed by atoms with Crippen molar-refractivity contribution in [1.82, 2.24) is 4.98 Å². The lowest BCUT2D eigenvalue weighted by atomic mass is 10.2. The van der Waals surface area contributed by atoms with Gasteiger partial charge >= 0.3 is 0 Å². The predicted octanol–water partition coefficient (Wildman–Crippen LogP) is 4.19. The Morgan fingerprint density at radius 2 is 1.71 bits per heavy atom. The van der Waals surface area contributed by atoms with Gasteiger partial charge in [-0.25, -0.2) is 13.4 Å². The molecule has 0 radical (unpaired) electrons. The van der Waals surface area contributed by atoms with E-state index in [1.807, 2.05) is 44.2 Å². The normalized spacial score (nSPS) is 11.6. The summed E-state index contributed by atoms with van der Waals surface area (Å²) in [6.45, 7) is 3.83. The van der Waals surface area contributed by atoms with Crippen LogP contribution in [0, 0.1) is 0 Å². The Kier molecular flexibility index (Phi) is 5.96. The highest BCUT2D eigenvalue weighted by Crippen LogP contribution is 2.24. The number of sulfone groups is 1. The van der Waals surface area contributed by atoms with Crippen molar-refractivity contribution in [1.29, 1.82) is 0 Å². The summed E-state index contributed by atoms with van der Waals surface area (Å²) in [5, 5.41) is 2.66. The molecule has 0 saturated carbocycles. The summed E-state index contributed by atoms with van der Waals surface area (Å²) in [4.78, 5) is 19.5. The summed E-state index contributed by atoms with van der Waals surface area (Å²) in [5.74, 6) is -0.197. The first-order valence-electron chi connectivity index (χ1n) is 8.87. The quantitative estimate of drug-likeness (QED) is 0.606. The van der Waals surface area contributed by atoms with Crippen molar-refractivity contribution >= 4 is 32.8 Å². The molecule has 3 rings (SSSR count). The fourth-order valence-electron chi connectivity index (χ4n) is 2.89. The Morgan fingerprint density at radius 3 is 2.29 bits per heavy atom. The van der Waals surface area contributed by atoms with Gasteiger partial charge in [-0.05, 0) is 43.7 Å². The third-order valence-corrected chi connectivity index (χ3v) is 6.22. The number of carbonyl (C=O) groups excluding carboxylic acids is 1. The molecule has 0 bridgehead atoms. The molecule has 1 amide bonds. The summed E-state index contributed by atoms with van der Waals surface area (Å²) in [5.41, 5.74) is 2.19. The van der Waals surface area contributed by atoms with Crippen molar-refractivity contribution in [3.8, 4) is 0 Å². The molecule has 0 aliphatic heterocycles. The smallest absolute Gasteiger partial charge is 0.277 e. The van der Waals surface area contributed by atoms with Gasteiger partial charge in [-0.1, -0.05) is 30.3 Å². The van der Waals surface area contributed by atoms with E-state index >= 15 is 0 Å². The maximum absolute atomic E-state index is 13.1. The van der Waals surface area contributed by atoms with Crippen LogP contribution in [-0.4, -0.2) is 31.6 Å². The molecule has 0 atom stereocenters. The van der Waals surface area contributed by atoms with Gasteiger partial charge in [-0.15, -0.1) is 11.3 Å². The summed E-state index contributed by atoms with van der Waals surface area (Å²) < 4.78 is 23.3. The van der Waals surface area contributed by atoms with E-state index in [0.29, 0.717) is 17.8 Å². The van der Waals surface area contributed by atoms with Crippen molar-refractivity contribution in [2.75, 3.05) is 11.2 Å². The third-order valence-electron chi connectivity index (χ3n) is 4.25. The monoisotopic (exact) mass is 414 g/mol. The molecule has 146 valence electrons. The van der Waals surface area contributed by atoms with Crippen LogP contribution in [-0.2, 0) is 16.3 Å². The lowest BCUT2D eigenvalue weighted by Gasteiger charge is -2.26. The topological polar surface area (TPSA) is 67.3 Å². The molecule has 7 heteroatoms. The van der Waals surface area contributed by atoms with Crippen molar-refractivity contribution in [3.63, 3.8) is 0 Å². The van der Waals surface area contributed by atoms with Crippen LogP contribution in [0.2, 0.25) is 0 Å². The van der Waals surface area contributed by atoms with Crippen molar-refractivity contribution in [2.24, 2.45) is 0 Å². The van der Waals surface area contributed by atoms with E-state index < -0.39 is 9.84 Å². The molecule has 28 heavy (non-hydrogen) atoms. The zero-order chi connectivity index (χ0) is 20.3. The van der Waals surface area contributed by atoms with Crippen LogP contribution in [0.15, 0.2) is 64.9 Å². The molecule has 5 nitrogen and oxygen atoms in total. The number of aromatic nitrogens is 1. The number of rotatable bonds is 6. The van der Waals surface area contributed by atoms with Gasteiger partial charge < -0.3 is 4.90 Å². The van der Waals surface area contributed by atoms with Gasteiger partial charge in [-0.2, -0.15) is 0 Å². The predicted molar refractivity (Wildman–Crippen MR) is 113 cm³/mol. The molecule has 0 aliphatic carbocycles. The molecule has 0 unspecified atom stereocenters. The molecular weight excluding hydrogens is 392 g/mol. The van der Waals surface area contributed by atoms with Gasteiger partial charge in [0.05, 0.1) is 9.90 Å². The number of carbonyl (C=O) groups is 1. The average Bonchev–Trinajstić information content (AvgIpc) is 3.10. The minimum Gasteiger partial charge on any atom is -0.305 e. The second-order valence-electron chi connectivity index (χ2n) is 6.82. The summed E-state index contributed by atoms with van der Waals surface area (Å²) in [6, 6.07) is 16.3. The Balaban J connectivity index is 1.84. The number of thiazole rings is 1. The molecule has 3 aromatic rings. The zero-order valence-electron chi connectivity index (χ0n) is 16.0. The van der Waals surface area contributed by atoms with Crippen LogP contribution >= 0.6 is 11.3 Å². The lowest BCUT2D eigenvalue weighted by Crippen LogP contribution is -2.37. The number of amides is 1. The standard InChI is InChI=1S/C21H22N2O3S2/c1-15(2)23(17-9-11-18(12-10-17)28(3,25)26)21(24)19-14-27-20(22-19)13-16-7-5-4-6-8-16/h4-12,14-15H,13H2,1-3H3. The van der Waals surface area contributed by atoms with Crippen molar-refractivity contribution < 1.29 is 13.2 Å². The number of anilines is 1. The fourth-order valence-corrected chi connectivity index (χ4v) is 4.32. The summed E-state index contributed by atoms with van der Waals surface area (Å²) >= 11 is 1.46.